The molecule has 4 heteroatoms. The first-order chi connectivity index (χ1) is 9.77. The molecule has 0 saturated carbocycles. The molecule has 0 bridgehead atoms. The summed E-state index contributed by atoms with van der Waals surface area (Å²) in [5.41, 5.74) is 0.361. The average molecular weight is 280 g/mol. The van der Waals surface area contributed by atoms with Crippen molar-refractivity contribution in [2.45, 2.75) is 57.5 Å². The molecule has 3 rings (SSSR count). The van der Waals surface area contributed by atoms with E-state index in [1.54, 1.807) is 0 Å². The Bertz CT molecular complexity index is 328. The standard InChI is InChI=1S/C16H28N2O2/c19-15(11-14-5-1-2-10-20-14)18-9-4-7-16(13-18)6-3-8-17-12-16/h14,17H,1-13H2. The molecule has 3 heterocycles. The van der Waals surface area contributed by atoms with Crippen LogP contribution < -0.4 is 5.32 Å². The number of ether oxygens (including phenoxy) is 1. The van der Waals surface area contributed by atoms with Crippen LogP contribution >= 0.6 is 0 Å². The number of amides is 1. The highest BCUT2D eigenvalue weighted by Crippen LogP contribution is 2.36. The predicted molar refractivity (Wildman–Crippen MR) is 78.6 cm³/mol. The molecule has 3 aliphatic heterocycles. The van der Waals surface area contributed by atoms with Gasteiger partial charge in [0.2, 0.25) is 5.91 Å². The van der Waals surface area contributed by atoms with Crippen molar-refractivity contribution >= 4 is 5.91 Å². The fraction of sp³-hybridized carbons (Fsp3) is 0.938. The molecule has 0 aromatic rings. The Kier molecular flexibility index (Phi) is 4.61. The zero-order chi connectivity index (χ0) is 13.8. The molecule has 114 valence electrons. The zero-order valence-electron chi connectivity index (χ0n) is 12.5. The van der Waals surface area contributed by atoms with Gasteiger partial charge in [0, 0.05) is 31.7 Å². The van der Waals surface area contributed by atoms with E-state index in [9.17, 15) is 4.79 Å². The lowest BCUT2D eigenvalue weighted by Gasteiger charge is -2.45. The van der Waals surface area contributed by atoms with Crippen molar-refractivity contribution < 1.29 is 9.53 Å². The summed E-state index contributed by atoms with van der Waals surface area (Å²) >= 11 is 0. The number of piperidine rings is 2. The number of carbonyl (C=O) groups is 1. The molecular formula is C16H28N2O2. The Hall–Kier alpha value is -0.610. The molecule has 1 amide bonds. The summed E-state index contributed by atoms with van der Waals surface area (Å²) in [6.07, 6.45) is 9.20. The Morgan fingerprint density at radius 3 is 2.90 bits per heavy atom. The van der Waals surface area contributed by atoms with Gasteiger partial charge in [-0.15, -0.1) is 0 Å². The molecule has 0 aliphatic carbocycles. The molecule has 4 nitrogen and oxygen atoms in total. The highest BCUT2D eigenvalue weighted by molar-refractivity contribution is 5.76. The van der Waals surface area contributed by atoms with Gasteiger partial charge in [-0.25, -0.2) is 0 Å². The number of rotatable bonds is 2. The number of nitrogens with one attached hydrogen (secondary N) is 1. The molecule has 3 fully saturated rings. The van der Waals surface area contributed by atoms with E-state index < -0.39 is 0 Å². The summed E-state index contributed by atoms with van der Waals surface area (Å²) in [6, 6.07) is 0. The molecular weight excluding hydrogens is 252 g/mol. The van der Waals surface area contributed by atoms with Gasteiger partial charge >= 0.3 is 0 Å². The number of carbonyl (C=O) groups excluding carboxylic acids is 1. The van der Waals surface area contributed by atoms with Gasteiger partial charge in [-0.1, -0.05) is 0 Å². The van der Waals surface area contributed by atoms with E-state index in [-0.39, 0.29) is 6.10 Å². The van der Waals surface area contributed by atoms with E-state index in [2.05, 4.69) is 10.2 Å². The molecule has 1 N–H and O–H groups in total. The summed E-state index contributed by atoms with van der Waals surface area (Å²) in [4.78, 5) is 14.6. The third kappa shape index (κ3) is 3.34. The minimum Gasteiger partial charge on any atom is -0.378 e. The highest BCUT2D eigenvalue weighted by Gasteiger charge is 2.38. The second kappa shape index (κ2) is 6.44. The minimum atomic E-state index is 0.179. The molecule has 1 spiro atoms. The third-order valence-corrected chi connectivity index (χ3v) is 5.25. The van der Waals surface area contributed by atoms with E-state index in [0.29, 0.717) is 17.7 Å². The van der Waals surface area contributed by atoms with E-state index in [4.69, 9.17) is 4.74 Å². The van der Waals surface area contributed by atoms with Gasteiger partial charge in [-0.2, -0.15) is 0 Å². The summed E-state index contributed by atoms with van der Waals surface area (Å²) in [5, 5.41) is 3.52. The van der Waals surface area contributed by atoms with Crippen LogP contribution in [0.25, 0.3) is 0 Å². The van der Waals surface area contributed by atoms with Crippen molar-refractivity contribution in [2.24, 2.45) is 5.41 Å². The first-order valence-electron chi connectivity index (χ1n) is 8.38. The normalized spacial score (nSPS) is 35.2. The largest absolute Gasteiger partial charge is 0.378 e. The molecule has 2 atom stereocenters. The van der Waals surface area contributed by atoms with Crippen LogP contribution in [-0.2, 0) is 9.53 Å². The van der Waals surface area contributed by atoms with Gasteiger partial charge in [-0.05, 0) is 51.5 Å². The van der Waals surface area contributed by atoms with E-state index in [1.165, 1.54) is 32.1 Å². The number of hydrogen-bond donors (Lipinski definition) is 1. The van der Waals surface area contributed by atoms with Crippen molar-refractivity contribution in [2.75, 3.05) is 32.8 Å². The van der Waals surface area contributed by atoms with Crippen LogP contribution in [0.1, 0.15) is 51.4 Å². The monoisotopic (exact) mass is 280 g/mol. The quantitative estimate of drug-likeness (QED) is 0.840. The second-order valence-corrected chi connectivity index (χ2v) is 6.89. The maximum Gasteiger partial charge on any atom is 0.225 e. The topological polar surface area (TPSA) is 41.6 Å². The molecule has 2 unspecified atom stereocenters. The minimum absolute atomic E-state index is 0.179. The van der Waals surface area contributed by atoms with Gasteiger partial charge in [0.15, 0.2) is 0 Å². The maximum atomic E-state index is 12.5. The fourth-order valence-corrected chi connectivity index (χ4v) is 4.09. The van der Waals surface area contributed by atoms with E-state index in [0.717, 1.165) is 45.6 Å². The first kappa shape index (κ1) is 14.3. The van der Waals surface area contributed by atoms with Gasteiger partial charge in [0.1, 0.15) is 0 Å². The van der Waals surface area contributed by atoms with E-state index >= 15 is 0 Å². The SMILES string of the molecule is O=C(CC1CCCCO1)N1CCCC2(CCCNC2)C1. The van der Waals surface area contributed by atoms with E-state index in [1.807, 2.05) is 0 Å². The van der Waals surface area contributed by atoms with Crippen LogP contribution in [0, 0.1) is 5.41 Å². The van der Waals surface area contributed by atoms with Crippen molar-refractivity contribution in [1.29, 1.82) is 0 Å². The van der Waals surface area contributed by atoms with Crippen LogP contribution in [0.4, 0.5) is 0 Å². The Morgan fingerprint density at radius 1 is 1.25 bits per heavy atom. The van der Waals surface area contributed by atoms with Gasteiger partial charge in [0.25, 0.3) is 0 Å². The van der Waals surface area contributed by atoms with Crippen LogP contribution in [0.2, 0.25) is 0 Å². The van der Waals surface area contributed by atoms with Gasteiger partial charge < -0.3 is 15.0 Å². The van der Waals surface area contributed by atoms with Crippen LogP contribution in [-0.4, -0.2) is 49.7 Å². The van der Waals surface area contributed by atoms with Crippen molar-refractivity contribution in [1.82, 2.24) is 10.2 Å². The zero-order valence-corrected chi connectivity index (χ0v) is 12.5. The molecule has 0 aromatic heterocycles. The average Bonchev–Trinajstić information content (AvgIpc) is 2.49. The maximum absolute atomic E-state index is 12.5. The molecule has 20 heavy (non-hydrogen) atoms. The fourth-order valence-electron chi connectivity index (χ4n) is 4.09. The van der Waals surface area contributed by atoms with Crippen LogP contribution in [0.15, 0.2) is 0 Å². The lowest BCUT2D eigenvalue weighted by Crippen LogP contribution is -2.53. The number of hydrogen-bond acceptors (Lipinski definition) is 3. The Morgan fingerprint density at radius 2 is 2.15 bits per heavy atom. The lowest BCUT2D eigenvalue weighted by molar-refractivity contribution is -0.139. The summed E-state index contributed by atoms with van der Waals surface area (Å²) < 4.78 is 5.72. The van der Waals surface area contributed by atoms with Crippen molar-refractivity contribution in [3.8, 4) is 0 Å². The number of nitrogens with zero attached hydrogens (tertiary/aromatic N) is 1. The van der Waals surface area contributed by atoms with Crippen LogP contribution in [0.5, 0.6) is 0 Å². The molecule has 3 aliphatic rings. The smallest absolute Gasteiger partial charge is 0.225 e. The van der Waals surface area contributed by atoms with Gasteiger partial charge in [-0.3, -0.25) is 4.79 Å². The lowest BCUT2D eigenvalue weighted by atomic mass is 9.74. The molecule has 0 aromatic carbocycles. The molecule has 3 saturated heterocycles. The molecule has 0 radical (unpaired) electrons. The summed E-state index contributed by atoms with van der Waals surface area (Å²) in [6.45, 7) is 4.99. The highest BCUT2D eigenvalue weighted by atomic mass is 16.5. The summed E-state index contributed by atoms with van der Waals surface area (Å²) in [7, 11) is 0. The second-order valence-electron chi connectivity index (χ2n) is 6.89. The Labute approximate surface area is 122 Å². The Balaban J connectivity index is 1.54. The van der Waals surface area contributed by atoms with Crippen molar-refractivity contribution in [3.05, 3.63) is 0 Å². The van der Waals surface area contributed by atoms with Crippen LogP contribution in [0.3, 0.4) is 0 Å². The van der Waals surface area contributed by atoms with Gasteiger partial charge in [0.05, 0.1) is 12.5 Å². The predicted octanol–water partition coefficient (Wildman–Crippen LogP) is 1.94. The first-order valence-corrected chi connectivity index (χ1v) is 8.38. The van der Waals surface area contributed by atoms with Crippen molar-refractivity contribution in [3.63, 3.8) is 0 Å². The summed E-state index contributed by atoms with van der Waals surface area (Å²) in [5.74, 6) is 0.321. The number of likely N-dealkylation sites (tertiary alicyclic amines) is 1. The third-order valence-electron chi connectivity index (χ3n) is 5.25.